The van der Waals surface area contributed by atoms with Gasteiger partial charge in [-0.2, -0.15) is 0 Å². The number of hydrogen-bond donors (Lipinski definition) is 3. The van der Waals surface area contributed by atoms with Crippen LogP contribution in [-0.4, -0.2) is 123 Å². The van der Waals surface area contributed by atoms with Crippen molar-refractivity contribution in [2.45, 2.75) is 73.2 Å². The molecule has 7 rings (SSSR count). The minimum Gasteiger partial charge on any atom is -0.384 e. The second-order valence-corrected chi connectivity index (χ2v) is 19.9. The highest BCUT2D eigenvalue weighted by Gasteiger charge is 2.33. The van der Waals surface area contributed by atoms with E-state index < -0.39 is 20.0 Å². The van der Waals surface area contributed by atoms with Gasteiger partial charge in [0.2, 0.25) is 20.0 Å². The molecule has 318 valence electrons. The predicted molar refractivity (Wildman–Crippen MR) is 239 cm³/mol. The summed E-state index contributed by atoms with van der Waals surface area (Å²) in [6.07, 6.45) is 6.28. The summed E-state index contributed by atoms with van der Waals surface area (Å²) in [7, 11) is -6.16. The van der Waals surface area contributed by atoms with Crippen molar-refractivity contribution in [3.05, 3.63) is 120 Å². The lowest BCUT2D eigenvalue weighted by atomic mass is 10.1. The molecule has 4 aromatic rings. The van der Waals surface area contributed by atoms with Crippen LogP contribution < -0.4 is 19.7 Å². The van der Waals surface area contributed by atoms with Crippen LogP contribution in [0.3, 0.4) is 0 Å². The Morgan fingerprint density at radius 2 is 0.983 bits per heavy atom. The number of piperazine rings is 1. The molecule has 0 amide bonds. The first-order chi connectivity index (χ1) is 28.6. The van der Waals surface area contributed by atoms with Gasteiger partial charge in [0.25, 0.3) is 0 Å². The number of hydrogen-bond acceptors (Lipinski definition) is 9. The standard InChI is InChI=1S/C46H63N7O4S2/c1-50-32-34-53(35-33-50)44-36-43(47-25-11-18-38-12-5-2-6-13-38)45(58(54,55)48-41-21-28-51(29-22-41)26-19-39-14-7-3-8-15-39)37-46(44)59(56,57)49-42-23-30-52(31-24-42)27-20-40-16-9-4-10-17-40/h2-10,12-17,36-37,41-42,47-49H,11,18-35H2,1H3. The molecule has 59 heavy (non-hydrogen) atoms. The van der Waals surface area contributed by atoms with Gasteiger partial charge in [0, 0.05) is 57.9 Å². The second kappa shape index (κ2) is 20.6. The number of piperidine rings is 2. The molecule has 4 aromatic carbocycles. The number of likely N-dealkylation sites (tertiary alicyclic amines) is 2. The van der Waals surface area contributed by atoms with Crippen molar-refractivity contribution in [2.24, 2.45) is 0 Å². The van der Waals surface area contributed by atoms with E-state index >= 15 is 0 Å². The molecule has 0 atom stereocenters. The summed E-state index contributed by atoms with van der Waals surface area (Å²) in [5, 5.41) is 3.46. The second-order valence-electron chi connectivity index (χ2n) is 16.6. The summed E-state index contributed by atoms with van der Waals surface area (Å²) in [5.41, 5.74) is 4.79. The zero-order valence-corrected chi connectivity index (χ0v) is 36.3. The molecule has 3 aliphatic rings. The Bertz CT molecular complexity index is 2120. The largest absolute Gasteiger partial charge is 0.384 e. The fraction of sp³-hybridized carbons (Fsp3) is 0.478. The van der Waals surface area contributed by atoms with Crippen LogP contribution in [0.25, 0.3) is 0 Å². The molecule has 0 aromatic heterocycles. The number of benzene rings is 4. The highest BCUT2D eigenvalue weighted by molar-refractivity contribution is 7.90. The summed E-state index contributed by atoms with van der Waals surface area (Å²) in [6, 6.07) is 33.8. The molecule has 0 spiro atoms. The van der Waals surface area contributed by atoms with Crippen molar-refractivity contribution in [1.82, 2.24) is 24.1 Å². The number of likely N-dealkylation sites (N-methyl/N-ethyl adjacent to an activating group) is 1. The topological polar surface area (TPSA) is 117 Å². The highest BCUT2D eigenvalue weighted by atomic mass is 32.2. The molecule has 11 nitrogen and oxygen atoms in total. The monoisotopic (exact) mass is 841 g/mol. The van der Waals surface area contributed by atoms with Crippen LogP contribution in [-0.2, 0) is 39.3 Å². The number of sulfonamides is 2. The average Bonchev–Trinajstić information content (AvgIpc) is 3.25. The summed E-state index contributed by atoms with van der Waals surface area (Å²) < 4.78 is 64.4. The third-order valence-corrected chi connectivity index (χ3v) is 15.3. The van der Waals surface area contributed by atoms with Crippen LogP contribution in [0.2, 0.25) is 0 Å². The van der Waals surface area contributed by atoms with Crippen LogP contribution in [0.4, 0.5) is 11.4 Å². The number of aryl methyl sites for hydroxylation is 1. The van der Waals surface area contributed by atoms with Crippen LogP contribution >= 0.6 is 0 Å². The maximum Gasteiger partial charge on any atom is 0.242 e. The van der Waals surface area contributed by atoms with E-state index in [-0.39, 0.29) is 21.9 Å². The summed E-state index contributed by atoms with van der Waals surface area (Å²) >= 11 is 0. The Balaban J connectivity index is 1.10. The Labute approximate surface area is 353 Å². The smallest absolute Gasteiger partial charge is 0.242 e. The van der Waals surface area contributed by atoms with E-state index in [1.54, 1.807) is 6.07 Å². The van der Waals surface area contributed by atoms with Crippen LogP contribution in [0.1, 0.15) is 48.8 Å². The summed E-state index contributed by atoms with van der Waals surface area (Å²) in [5.74, 6) is 0. The highest BCUT2D eigenvalue weighted by Crippen LogP contribution is 2.36. The number of rotatable bonds is 18. The van der Waals surface area contributed by atoms with Gasteiger partial charge < -0.3 is 24.9 Å². The Kier molecular flexibility index (Phi) is 15.1. The van der Waals surface area contributed by atoms with Crippen molar-refractivity contribution >= 4 is 31.4 Å². The third kappa shape index (κ3) is 12.4. The molecular weight excluding hydrogens is 779 g/mol. The maximum absolute atomic E-state index is 14.6. The average molecular weight is 842 g/mol. The van der Waals surface area contributed by atoms with E-state index in [0.29, 0.717) is 56.7 Å². The predicted octanol–water partition coefficient (Wildman–Crippen LogP) is 5.45. The Morgan fingerprint density at radius 1 is 0.542 bits per heavy atom. The van der Waals surface area contributed by atoms with E-state index in [4.69, 9.17) is 0 Å². The van der Waals surface area contributed by atoms with Gasteiger partial charge in [-0.15, -0.1) is 0 Å². The SMILES string of the molecule is CN1CCN(c2cc(NCCCc3ccccc3)c(S(=O)(=O)NC3CCN(CCc4ccccc4)CC3)cc2S(=O)(=O)NC2CCN(CCc3ccccc3)CC2)CC1. The van der Waals surface area contributed by atoms with Crippen LogP contribution in [0.15, 0.2) is 113 Å². The van der Waals surface area contributed by atoms with E-state index in [0.717, 1.165) is 78.0 Å². The van der Waals surface area contributed by atoms with Crippen molar-refractivity contribution in [2.75, 3.05) is 89.3 Å². The molecule has 3 aliphatic heterocycles. The summed E-state index contributed by atoms with van der Waals surface area (Å²) in [6.45, 7) is 8.40. The van der Waals surface area contributed by atoms with Crippen molar-refractivity contribution < 1.29 is 16.8 Å². The van der Waals surface area contributed by atoms with Crippen LogP contribution in [0, 0.1) is 0 Å². The minimum absolute atomic E-state index is 0.0160. The van der Waals surface area contributed by atoms with Gasteiger partial charge in [0.1, 0.15) is 9.79 Å². The Hall–Kier alpha value is -3.82. The molecular formula is C46H63N7O4S2. The quantitative estimate of drug-likeness (QED) is 0.113. The molecule has 13 heteroatoms. The van der Waals surface area contributed by atoms with Gasteiger partial charge in [-0.1, -0.05) is 91.0 Å². The Morgan fingerprint density at radius 3 is 1.46 bits per heavy atom. The first kappa shape index (κ1) is 43.3. The van der Waals surface area contributed by atoms with Crippen molar-refractivity contribution in [3.8, 4) is 0 Å². The first-order valence-corrected chi connectivity index (χ1v) is 24.5. The summed E-state index contributed by atoms with van der Waals surface area (Å²) in [4.78, 5) is 9.14. The lowest BCUT2D eigenvalue weighted by Gasteiger charge is -2.36. The van der Waals surface area contributed by atoms with Crippen LogP contribution in [0.5, 0.6) is 0 Å². The first-order valence-electron chi connectivity index (χ1n) is 21.6. The molecule has 3 N–H and O–H groups in total. The van der Waals surface area contributed by atoms with Gasteiger partial charge in [-0.3, -0.25) is 0 Å². The zero-order chi connectivity index (χ0) is 41.1. The van der Waals surface area contributed by atoms with E-state index in [1.165, 1.54) is 22.8 Å². The lowest BCUT2D eigenvalue weighted by molar-refractivity contribution is 0.209. The van der Waals surface area contributed by atoms with E-state index in [1.807, 2.05) is 30.3 Å². The molecule has 0 aliphatic carbocycles. The van der Waals surface area contributed by atoms with E-state index in [2.05, 4.69) is 102 Å². The number of nitrogens with zero attached hydrogens (tertiary/aromatic N) is 4. The normalized spacial score (nSPS) is 18.3. The van der Waals surface area contributed by atoms with Gasteiger partial charge in [-0.05, 0) is 113 Å². The third-order valence-electron chi connectivity index (χ3n) is 12.2. The van der Waals surface area contributed by atoms with Gasteiger partial charge in [0.15, 0.2) is 0 Å². The molecule has 3 fully saturated rings. The molecule has 0 unspecified atom stereocenters. The molecule has 0 saturated carbocycles. The van der Waals surface area contributed by atoms with Gasteiger partial charge >= 0.3 is 0 Å². The fourth-order valence-corrected chi connectivity index (χ4v) is 11.7. The van der Waals surface area contributed by atoms with Crippen molar-refractivity contribution in [1.29, 1.82) is 0 Å². The minimum atomic E-state index is -4.12. The van der Waals surface area contributed by atoms with Gasteiger partial charge in [0.05, 0.1) is 11.4 Å². The fourth-order valence-electron chi connectivity index (χ4n) is 8.56. The van der Waals surface area contributed by atoms with Gasteiger partial charge in [-0.25, -0.2) is 26.3 Å². The lowest BCUT2D eigenvalue weighted by Crippen LogP contribution is -2.47. The zero-order valence-electron chi connectivity index (χ0n) is 34.6. The molecule has 3 saturated heterocycles. The molecule has 3 heterocycles. The number of anilines is 2. The van der Waals surface area contributed by atoms with E-state index in [9.17, 15) is 16.8 Å². The maximum atomic E-state index is 14.6. The number of nitrogens with one attached hydrogen (secondary N) is 3. The molecule has 0 bridgehead atoms. The van der Waals surface area contributed by atoms with Crippen molar-refractivity contribution in [3.63, 3.8) is 0 Å². The molecule has 0 radical (unpaired) electrons.